The van der Waals surface area contributed by atoms with Crippen LogP contribution in [-0.2, 0) is 14.4 Å². The van der Waals surface area contributed by atoms with E-state index >= 15 is 0 Å². The highest BCUT2D eigenvalue weighted by atomic mass is 32.2. The smallest absolute Gasteiger partial charge is 0.244 e. The Balaban J connectivity index is 1.56. The summed E-state index contributed by atoms with van der Waals surface area (Å²) in [5, 5.41) is 15.2. The van der Waals surface area contributed by atoms with Gasteiger partial charge in [-0.05, 0) is 38.5 Å². The second-order valence-electron chi connectivity index (χ2n) is 9.68. The summed E-state index contributed by atoms with van der Waals surface area (Å²) in [4.78, 5) is 41.8. The van der Waals surface area contributed by atoms with Crippen molar-refractivity contribution in [3.8, 4) is 0 Å². The van der Waals surface area contributed by atoms with E-state index in [1.54, 1.807) is 18.8 Å². The number of thioether (sulfide) groups is 1. The van der Waals surface area contributed by atoms with Gasteiger partial charge < -0.3 is 20.6 Å². The zero-order valence-electron chi connectivity index (χ0n) is 18.6. The molecule has 0 aromatic heterocycles. The van der Waals surface area contributed by atoms with Crippen molar-refractivity contribution in [3.05, 3.63) is 0 Å². The summed E-state index contributed by atoms with van der Waals surface area (Å²) in [6, 6.07) is -0.272. The molecule has 3 saturated heterocycles. The Morgan fingerprint density at radius 1 is 1.10 bits per heavy atom. The fourth-order valence-electron chi connectivity index (χ4n) is 6.44. The van der Waals surface area contributed by atoms with Crippen LogP contribution in [0.15, 0.2) is 0 Å². The highest BCUT2D eigenvalue weighted by Gasteiger charge is 2.73. The maximum atomic E-state index is 13.6. The van der Waals surface area contributed by atoms with E-state index in [9.17, 15) is 14.4 Å². The summed E-state index contributed by atoms with van der Waals surface area (Å²) in [7, 11) is 1.64. The molecule has 1 spiro atoms. The third kappa shape index (κ3) is 4.10. The third-order valence-corrected chi connectivity index (χ3v) is 9.81. The van der Waals surface area contributed by atoms with Crippen molar-refractivity contribution in [1.29, 1.82) is 0 Å². The zero-order chi connectivity index (χ0) is 22.0. The lowest BCUT2D eigenvalue weighted by Crippen LogP contribution is -2.55. The first kappa shape index (κ1) is 22.9. The molecule has 4 aliphatic rings. The molecule has 3 N–H and O–H groups in total. The van der Waals surface area contributed by atoms with Crippen LogP contribution in [0.4, 0.5) is 0 Å². The van der Waals surface area contributed by atoms with Crippen molar-refractivity contribution < 1.29 is 19.5 Å². The van der Waals surface area contributed by atoms with Crippen LogP contribution in [0.1, 0.15) is 70.6 Å². The van der Waals surface area contributed by atoms with Gasteiger partial charge in [-0.3, -0.25) is 14.4 Å². The summed E-state index contributed by atoms with van der Waals surface area (Å²) in [6.07, 6.45) is 10.7. The number of aliphatic hydroxyl groups excluding tert-OH is 1. The fraction of sp³-hybridized carbons (Fsp3) is 0.870. The standard InChI is InChI=1S/C23H37N3O4S/c1-24-20(28)17-16-11-12-23(31-16)18(17)22(30)26(13-7-2-3-8-14-27)19(23)21(29)25-15-9-5-4-6-10-15/h15-19,27H,2-14H2,1H3,(H,24,28)(H,25,29)/t16-,17+,18-,19?,23?/m0/s1. The summed E-state index contributed by atoms with van der Waals surface area (Å²) < 4.78 is -0.469. The molecule has 0 radical (unpaired) electrons. The number of amides is 3. The van der Waals surface area contributed by atoms with Gasteiger partial charge in [-0.2, -0.15) is 0 Å². The van der Waals surface area contributed by atoms with Crippen LogP contribution in [0.3, 0.4) is 0 Å². The molecule has 2 bridgehead atoms. The summed E-state index contributed by atoms with van der Waals surface area (Å²) in [5.74, 6) is -0.803. The molecule has 2 unspecified atom stereocenters. The molecule has 1 saturated carbocycles. The summed E-state index contributed by atoms with van der Waals surface area (Å²) in [5.41, 5.74) is 0. The molecule has 3 aliphatic heterocycles. The zero-order valence-corrected chi connectivity index (χ0v) is 19.4. The number of likely N-dealkylation sites (tertiary alicyclic amines) is 1. The van der Waals surface area contributed by atoms with E-state index in [0.717, 1.165) is 64.2 Å². The van der Waals surface area contributed by atoms with Gasteiger partial charge in [0.25, 0.3) is 0 Å². The van der Waals surface area contributed by atoms with Crippen molar-refractivity contribution >= 4 is 29.5 Å². The number of unbranched alkanes of at least 4 members (excludes halogenated alkanes) is 3. The Bertz CT molecular complexity index is 698. The molecular formula is C23H37N3O4S. The predicted molar refractivity (Wildman–Crippen MR) is 120 cm³/mol. The van der Waals surface area contributed by atoms with Gasteiger partial charge in [0.2, 0.25) is 17.7 Å². The Hall–Kier alpha value is -1.28. The lowest BCUT2D eigenvalue weighted by atomic mass is 9.70. The predicted octanol–water partition coefficient (Wildman–Crippen LogP) is 1.83. The largest absolute Gasteiger partial charge is 0.396 e. The van der Waals surface area contributed by atoms with Gasteiger partial charge in [0.1, 0.15) is 6.04 Å². The van der Waals surface area contributed by atoms with E-state index in [0.29, 0.717) is 6.54 Å². The lowest BCUT2D eigenvalue weighted by molar-refractivity contribution is -0.140. The normalized spacial score (nSPS) is 34.8. The molecule has 4 fully saturated rings. The van der Waals surface area contributed by atoms with Gasteiger partial charge in [0, 0.05) is 31.5 Å². The molecule has 7 nitrogen and oxygen atoms in total. The summed E-state index contributed by atoms with van der Waals surface area (Å²) >= 11 is 1.74. The Morgan fingerprint density at radius 3 is 2.55 bits per heavy atom. The number of aliphatic hydroxyl groups is 1. The van der Waals surface area contributed by atoms with Crippen LogP contribution in [0, 0.1) is 11.8 Å². The number of rotatable bonds is 9. The summed E-state index contributed by atoms with van der Waals surface area (Å²) in [6.45, 7) is 0.739. The maximum Gasteiger partial charge on any atom is 0.244 e. The minimum absolute atomic E-state index is 0.00532. The maximum absolute atomic E-state index is 13.6. The van der Waals surface area contributed by atoms with Gasteiger partial charge >= 0.3 is 0 Å². The molecule has 1 aliphatic carbocycles. The van der Waals surface area contributed by atoms with Gasteiger partial charge in [0.15, 0.2) is 0 Å². The van der Waals surface area contributed by atoms with E-state index in [-0.39, 0.29) is 41.5 Å². The highest BCUT2D eigenvalue weighted by molar-refractivity contribution is 8.02. The number of hydrogen-bond acceptors (Lipinski definition) is 5. The molecule has 174 valence electrons. The third-order valence-electron chi connectivity index (χ3n) is 7.86. The number of carbonyl (C=O) groups excluding carboxylic acids is 3. The second-order valence-corrected chi connectivity index (χ2v) is 11.3. The van der Waals surface area contributed by atoms with Crippen LogP contribution >= 0.6 is 11.8 Å². The average molecular weight is 452 g/mol. The van der Waals surface area contributed by atoms with Crippen LogP contribution in [0.5, 0.6) is 0 Å². The Morgan fingerprint density at radius 2 is 1.84 bits per heavy atom. The van der Waals surface area contributed by atoms with Crippen molar-refractivity contribution in [2.24, 2.45) is 11.8 Å². The highest BCUT2D eigenvalue weighted by Crippen LogP contribution is 2.66. The molecule has 5 atom stereocenters. The monoisotopic (exact) mass is 451 g/mol. The molecule has 31 heavy (non-hydrogen) atoms. The van der Waals surface area contributed by atoms with E-state index in [1.165, 1.54) is 6.42 Å². The van der Waals surface area contributed by atoms with Gasteiger partial charge in [-0.25, -0.2) is 0 Å². The first-order chi connectivity index (χ1) is 15.0. The van der Waals surface area contributed by atoms with Crippen LogP contribution in [0.25, 0.3) is 0 Å². The van der Waals surface area contributed by atoms with Gasteiger partial charge in [-0.15, -0.1) is 11.8 Å². The second kappa shape index (κ2) is 9.69. The molecule has 3 amide bonds. The Labute approximate surface area is 189 Å². The number of fused-ring (bicyclic) bond motifs is 1. The first-order valence-corrected chi connectivity index (χ1v) is 13.0. The van der Waals surface area contributed by atoms with Crippen LogP contribution in [0.2, 0.25) is 0 Å². The molecule has 8 heteroatoms. The average Bonchev–Trinajstić information content (AvgIpc) is 3.41. The van der Waals surface area contributed by atoms with Crippen molar-refractivity contribution in [3.63, 3.8) is 0 Å². The van der Waals surface area contributed by atoms with E-state index in [1.807, 2.05) is 4.90 Å². The van der Waals surface area contributed by atoms with Crippen LogP contribution < -0.4 is 10.6 Å². The van der Waals surface area contributed by atoms with Crippen molar-refractivity contribution in [1.82, 2.24) is 15.5 Å². The first-order valence-electron chi connectivity index (χ1n) is 12.1. The molecule has 0 aromatic carbocycles. The number of carbonyl (C=O) groups is 3. The lowest BCUT2D eigenvalue weighted by Gasteiger charge is -2.35. The number of nitrogens with one attached hydrogen (secondary N) is 2. The van der Waals surface area contributed by atoms with E-state index in [4.69, 9.17) is 5.11 Å². The molecule has 0 aromatic rings. The molecule has 3 heterocycles. The van der Waals surface area contributed by atoms with Crippen molar-refractivity contribution in [2.45, 2.75) is 92.7 Å². The molecular weight excluding hydrogens is 414 g/mol. The van der Waals surface area contributed by atoms with E-state index in [2.05, 4.69) is 10.6 Å². The SMILES string of the molecule is CNC(=O)[C@@H]1[C@@H]2CCC3(S2)C(C(=O)NC2CCCCC2)N(CCCCCCO)C(=O)[C@H]13. The quantitative estimate of drug-likeness (QED) is 0.465. The van der Waals surface area contributed by atoms with E-state index < -0.39 is 16.7 Å². The fourth-order valence-corrected chi connectivity index (χ4v) is 8.66. The molecule has 4 rings (SSSR count). The minimum atomic E-state index is -0.477. The van der Waals surface area contributed by atoms with Gasteiger partial charge in [0.05, 0.1) is 16.6 Å². The van der Waals surface area contributed by atoms with Gasteiger partial charge in [-0.1, -0.05) is 32.1 Å². The topological polar surface area (TPSA) is 98.7 Å². The Kier molecular flexibility index (Phi) is 7.16. The van der Waals surface area contributed by atoms with Crippen LogP contribution in [-0.4, -0.2) is 70.0 Å². The number of nitrogens with zero attached hydrogens (tertiary/aromatic N) is 1. The number of hydrogen-bond donors (Lipinski definition) is 3. The van der Waals surface area contributed by atoms with Crippen molar-refractivity contribution in [2.75, 3.05) is 20.2 Å². The minimum Gasteiger partial charge on any atom is -0.396 e.